The molecule has 0 spiro atoms. The van der Waals surface area contributed by atoms with Gasteiger partial charge in [0.05, 0.1) is 7.11 Å². The average molecular weight is 280 g/mol. The standard InChI is InChI=1S/C16H28N2O2/c1-16(2,13-18(3)4)12-17-10-11-20-15-9-7-6-8-14(15)19-5/h6-9,17H,10-13H2,1-5H3. The van der Waals surface area contributed by atoms with Crippen LogP contribution in [0.4, 0.5) is 0 Å². The quantitative estimate of drug-likeness (QED) is 0.704. The van der Waals surface area contributed by atoms with Crippen LogP contribution >= 0.6 is 0 Å². The van der Waals surface area contributed by atoms with Gasteiger partial charge in [-0.2, -0.15) is 0 Å². The summed E-state index contributed by atoms with van der Waals surface area (Å²) in [5, 5.41) is 3.45. The van der Waals surface area contributed by atoms with Gasteiger partial charge in [-0.1, -0.05) is 26.0 Å². The number of methoxy groups -OCH3 is 1. The van der Waals surface area contributed by atoms with E-state index in [1.807, 2.05) is 24.3 Å². The van der Waals surface area contributed by atoms with Gasteiger partial charge in [0, 0.05) is 19.6 Å². The Hall–Kier alpha value is -1.26. The zero-order chi connectivity index (χ0) is 15.0. The third-order valence-electron chi connectivity index (χ3n) is 2.95. The number of nitrogens with one attached hydrogen (secondary N) is 1. The minimum absolute atomic E-state index is 0.258. The first-order valence-electron chi connectivity index (χ1n) is 7.06. The molecule has 4 heteroatoms. The van der Waals surface area contributed by atoms with Crippen LogP contribution in [0.2, 0.25) is 0 Å². The van der Waals surface area contributed by atoms with Crippen molar-refractivity contribution in [1.82, 2.24) is 10.2 Å². The Morgan fingerprint density at radius 2 is 1.80 bits per heavy atom. The van der Waals surface area contributed by atoms with Crippen molar-refractivity contribution in [3.63, 3.8) is 0 Å². The Labute approximate surface area is 123 Å². The van der Waals surface area contributed by atoms with Crippen molar-refractivity contribution < 1.29 is 9.47 Å². The van der Waals surface area contributed by atoms with Crippen LogP contribution in [0, 0.1) is 5.41 Å². The van der Waals surface area contributed by atoms with Gasteiger partial charge in [-0.25, -0.2) is 0 Å². The molecule has 0 aromatic heterocycles. The molecule has 114 valence electrons. The smallest absolute Gasteiger partial charge is 0.161 e. The summed E-state index contributed by atoms with van der Waals surface area (Å²) in [6.07, 6.45) is 0. The second kappa shape index (κ2) is 8.12. The molecule has 0 atom stereocenters. The first kappa shape index (κ1) is 16.8. The van der Waals surface area contributed by atoms with E-state index in [2.05, 4.69) is 38.2 Å². The topological polar surface area (TPSA) is 33.7 Å². The van der Waals surface area contributed by atoms with Crippen LogP contribution in [0.3, 0.4) is 0 Å². The van der Waals surface area contributed by atoms with Crippen molar-refractivity contribution in [2.75, 3.05) is 47.4 Å². The lowest BCUT2D eigenvalue weighted by Crippen LogP contribution is -2.38. The zero-order valence-electron chi connectivity index (χ0n) is 13.4. The molecule has 0 heterocycles. The maximum Gasteiger partial charge on any atom is 0.161 e. The van der Waals surface area contributed by atoms with E-state index in [9.17, 15) is 0 Å². The molecule has 0 saturated carbocycles. The van der Waals surface area contributed by atoms with E-state index in [4.69, 9.17) is 9.47 Å². The van der Waals surface area contributed by atoms with Gasteiger partial charge in [-0.15, -0.1) is 0 Å². The van der Waals surface area contributed by atoms with Crippen LogP contribution in [-0.4, -0.2) is 52.3 Å². The van der Waals surface area contributed by atoms with Gasteiger partial charge in [-0.05, 0) is 31.6 Å². The highest BCUT2D eigenvalue weighted by atomic mass is 16.5. The van der Waals surface area contributed by atoms with Gasteiger partial charge in [0.15, 0.2) is 11.5 Å². The Morgan fingerprint density at radius 3 is 2.40 bits per heavy atom. The first-order valence-corrected chi connectivity index (χ1v) is 7.06. The summed E-state index contributed by atoms with van der Waals surface area (Å²) in [6.45, 7) is 8.03. The maximum absolute atomic E-state index is 5.73. The van der Waals surface area contributed by atoms with Crippen molar-refractivity contribution >= 4 is 0 Å². The highest BCUT2D eigenvalue weighted by Crippen LogP contribution is 2.25. The molecule has 0 aliphatic rings. The summed E-state index contributed by atoms with van der Waals surface area (Å²) < 4.78 is 11.0. The number of hydrogen-bond donors (Lipinski definition) is 1. The maximum atomic E-state index is 5.73. The minimum atomic E-state index is 0.258. The molecule has 4 nitrogen and oxygen atoms in total. The predicted octanol–water partition coefficient (Wildman–Crippen LogP) is 2.25. The number of rotatable bonds is 9. The average Bonchev–Trinajstić information content (AvgIpc) is 2.37. The molecule has 0 aliphatic heterocycles. The predicted molar refractivity (Wildman–Crippen MR) is 83.7 cm³/mol. The normalized spacial score (nSPS) is 11.7. The lowest BCUT2D eigenvalue weighted by Gasteiger charge is -2.28. The van der Waals surface area contributed by atoms with Gasteiger partial charge in [0.25, 0.3) is 0 Å². The third-order valence-corrected chi connectivity index (χ3v) is 2.95. The number of nitrogens with zero attached hydrogens (tertiary/aromatic N) is 1. The second-order valence-electron chi connectivity index (χ2n) is 6.08. The Balaban J connectivity index is 2.25. The van der Waals surface area contributed by atoms with Crippen molar-refractivity contribution in [3.05, 3.63) is 24.3 Å². The molecule has 1 aromatic rings. The number of hydrogen-bond acceptors (Lipinski definition) is 4. The van der Waals surface area contributed by atoms with Gasteiger partial charge < -0.3 is 19.7 Å². The van der Waals surface area contributed by atoms with E-state index in [1.165, 1.54) is 0 Å². The fourth-order valence-electron chi connectivity index (χ4n) is 2.31. The number of ether oxygens (including phenoxy) is 2. The molecular weight excluding hydrogens is 252 g/mol. The van der Waals surface area contributed by atoms with Crippen molar-refractivity contribution in [1.29, 1.82) is 0 Å². The fourth-order valence-corrected chi connectivity index (χ4v) is 2.31. The zero-order valence-corrected chi connectivity index (χ0v) is 13.4. The molecule has 0 saturated heterocycles. The summed E-state index contributed by atoms with van der Waals surface area (Å²) in [5.74, 6) is 1.57. The van der Waals surface area contributed by atoms with Crippen LogP contribution in [0.15, 0.2) is 24.3 Å². The summed E-state index contributed by atoms with van der Waals surface area (Å²) in [4.78, 5) is 2.22. The SMILES string of the molecule is COc1ccccc1OCCNCC(C)(C)CN(C)C. The fraction of sp³-hybridized carbons (Fsp3) is 0.625. The van der Waals surface area contributed by atoms with E-state index >= 15 is 0 Å². The molecule has 1 N–H and O–H groups in total. The molecular formula is C16H28N2O2. The van der Waals surface area contributed by atoms with E-state index in [0.717, 1.165) is 31.1 Å². The second-order valence-corrected chi connectivity index (χ2v) is 6.08. The largest absolute Gasteiger partial charge is 0.493 e. The van der Waals surface area contributed by atoms with Gasteiger partial charge in [-0.3, -0.25) is 0 Å². The Bertz CT molecular complexity index is 392. The molecule has 0 fully saturated rings. The molecule has 0 aliphatic carbocycles. The lowest BCUT2D eigenvalue weighted by atomic mass is 9.93. The highest BCUT2D eigenvalue weighted by molar-refractivity contribution is 5.39. The summed E-state index contributed by atoms with van der Waals surface area (Å²) in [6, 6.07) is 7.72. The van der Waals surface area contributed by atoms with Gasteiger partial charge in [0.2, 0.25) is 0 Å². The van der Waals surface area contributed by atoms with E-state index in [0.29, 0.717) is 6.61 Å². The van der Waals surface area contributed by atoms with E-state index < -0.39 is 0 Å². The summed E-state index contributed by atoms with van der Waals surface area (Å²) >= 11 is 0. The lowest BCUT2D eigenvalue weighted by molar-refractivity contribution is 0.224. The van der Waals surface area contributed by atoms with Crippen LogP contribution in [0.5, 0.6) is 11.5 Å². The number of para-hydroxylation sites is 2. The molecule has 1 aromatic carbocycles. The van der Waals surface area contributed by atoms with Gasteiger partial charge in [0.1, 0.15) is 6.61 Å². The van der Waals surface area contributed by atoms with E-state index in [1.54, 1.807) is 7.11 Å². The summed E-state index contributed by atoms with van der Waals surface area (Å²) in [5.41, 5.74) is 0.258. The molecule has 0 radical (unpaired) electrons. The Kier molecular flexibility index (Phi) is 6.82. The van der Waals surface area contributed by atoms with Crippen LogP contribution < -0.4 is 14.8 Å². The van der Waals surface area contributed by atoms with Crippen molar-refractivity contribution in [2.24, 2.45) is 5.41 Å². The summed E-state index contributed by atoms with van der Waals surface area (Å²) in [7, 11) is 5.86. The van der Waals surface area contributed by atoms with Gasteiger partial charge >= 0.3 is 0 Å². The number of benzene rings is 1. The van der Waals surface area contributed by atoms with Crippen LogP contribution in [0.1, 0.15) is 13.8 Å². The monoisotopic (exact) mass is 280 g/mol. The molecule has 0 unspecified atom stereocenters. The van der Waals surface area contributed by atoms with Crippen molar-refractivity contribution in [3.8, 4) is 11.5 Å². The molecule has 20 heavy (non-hydrogen) atoms. The molecule has 0 bridgehead atoms. The minimum Gasteiger partial charge on any atom is -0.493 e. The highest BCUT2D eigenvalue weighted by Gasteiger charge is 2.17. The van der Waals surface area contributed by atoms with Crippen LogP contribution in [0.25, 0.3) is 0 Å². The first-order chi connectivity index (χ1) is 9.44. The van der Waals surface area contributed by atoms with Crippen LogP contribution in [-0.2, 0) is 0 Å². The molecule has 0 amide bonds. The van der Waals surface area contributed by atoms with Crippen molar-refractivity contribution in [2.45, 2.75) is 13.8 Å². The third kappa shape index (κ3) is 6.26. The Morgan fingerprint density at radius 1 is 1.15 bits per heavy atom. The van der Waals surface area contributed by atoms with E-state index in [-0.39, 0.29) is 5.41 Å². The molecule has 1 rings (SSSR count).